The van der Waals surface area contributed by atoms with E-state index in [0.717, 1.165) is 11.5 Å². The molecular weight excluding hydrogens is 284 g/mol. The van der Waals surface area contributed by atoms with Crippen LogP contribution in [0.2, 0.25) is 0 Å². The number of benzene rings is 3. The summed E-state index contributed by atoms with van der Waals surface area (Å²) >= 11 is 2.03. The summed E-state index contributed by atoms with van der Waals surface area (Å²) in [6.07, 6.45) is 0. The molecule has 0 heterocycles. The quantitative estimate of drug-likeness (QED) is 0.593. The normalized spacial score (nSPS) is 12.9. The van der Waals surface area contributed by atoms with Gasteiger partial charge >= 0.3 is 0 Å². The second kappa shape index (κ2) is 6.02. The molecule has 3 aromatic carbocycles. The van der Waals surface area contributed by atoms with E-state index in [1.165, 1.54) is 27.8 Å². The van der Waals surface area contributed by atoms with Gasteiger partial charge in [-0.2, -0.15) is 11.8 Å². The van der Waals surface area contributed by atoms with Gasteiger partial charge in [0.05, 0.1) is 0 Å². The van der Waals surface area contributed by atoms with Crippen molar-refractivity contribution in [3.63, 3.8) is 0 Å². The highest BCUT2D eigenvalue weighted by Gasteiger charge is 2.27. The predicted molar refractivity (Wildman–Crippen MR) is 96.3 cm³/mol. The van der Waals surface area contributed by atoms with E-state index < -0.39 is 0 Å². The number of hydrogen-bond donors (Lipinski definition) is 0. The van der Waals surface area contributed by atoms with E-state index in [0.29, 0.717) is 5.92 Å². The third kappa shape index (κ3) is 2.46. The second-order valence-corrected chi connectivity index (χ2v) is 6.76. The zero-order valence-electron chi connectivity index (χ0n) is 12.4. The summed E-state index contributed by atoms with van der Waals surface area (Å²) in [5.41, 5.74) is 7.23. The summed E-state index contributed by atoms with van der Waals surface area (Å²) in [6.45, 7) is 0. The molecule has 0 aromatic heterocycles. The van der Waals surface area contributed by atoms with Gasteiger partial charge in [0, 0.05) is 17.4 Å². The van der Waals surface area contributed by atoms with Crippen molar-refractivity contribution in [1.29, 1.82) is 0 Å². The third-order valence-electron chi connectivity index (χ3n) is 4.36. The van der Waals surface area contributed by atoms with E-state index in [-0.39, 0.29) is 0 Å². The Labute approximate surface area is 136 Å². The molecule has 0 N–H and O–H groups in total. The average molecular weight is 302 g/mol. The molecule has 22 heavy (non-hydrogen) atoms. The first kappa shape index (κ1) is 13.7. The molecule has 1 aliphatic rings. The van der Waals surface area contributed by atoms with Crippen LogP contribution in [0.5, 0.6) is 0 Å². The molecular formula is C21H18S. The van der Waals surface area contributed by atoms with Crippen LogP contribution in [0.4, 0.5) is 0 Å². The highest BCUT2D eigenvalue weighted by molar-refractivity contribution is 7.98. The molecule has 0 saturated carbocycles. The highest BCUT2D eigenvalue weighted by atomic mass is 32.2. The lowest BCUT2D eigenvalue weighted by Crippen LogP contribution is -2.00. The first-order valence-corrected chi connectivity index (χ1v) is 8.89. The van der Waals surface area contributed by atoms with Crippen molar-refractivity contribution in [2.45, 2.75) is 11.7 Å². The molecule has 108 valence electrons. The van der Waals surface area contributed by atoms with Crippen molar-refractivity contribution < 1.29 is 0 Å². The lowest BCUT2D eigenvalue weighted by molar-refractivity contribution is 0.971. The topological polar surface area (TPSA) is 0 Å². The fraction of sp³-hybridized carbons (Fsp3) is 0.143. The monoisotopic (exact) mass is 302 g/mol. The lowest BCUT2D eigenvalue weighted by Gasteiger charge is -2.13. The van der Waals surface area contributed by atoms with Gasteiger partial charge in [-0.25, -0.2) is 0 Å². The Hall–Kier alpha value is -1.99. The van der Waals surface area contributed by atoms with Crippen molar-refractivity contribution in [3.05, 3.63) is 95.6 Å². The van der Waals surface area contributed by atoms with Gasteiger partial charge in [-0.15, -0.1) is 0 Å². The van der Waals surface area contributed by atoms with Crippen molar-refractivity contribution in [2.75, 3.05) is 5.75 Å². The number of fused-ring (bicyclic) bond motifs is 3. The molecule has 0 spiro atoms. The maximum Gasteiger partial charge on any atom is 0.0192 e. The Morgan fingerprint density at radius 1 is 0.636 bits per heavy atom. The molecule has 0 bridgehead atoms. The van der Waals surface area contributed by atoms with Crippen LogP contribution < -0.4 is 0 Å². The standard InChI is InChI=1S/C21H18S/c1-2-8-16(9-3-1)14-22-15-21-19-12-6-4-10-17(19)18-11-5-7-13-20(18)21/h1-13,21H,14-15H2. The van der Waals surface area contributed by atoms with Crippen molar-refractivity contribution >= 4 is 11.8 Å². The van der Waals surface area contributed by atoms with Crippen LogP contribution in [0.15, 0.2) is 78.9 Å². The van der Waals surface area contributed by atoms with Gasteiger partial charge in [0.15, 0.2) is 0 Å². The van der Waals surface area contributed by atoms with Crippen LogP contribution in [0.25, 0.3) is 11.1 Å². The Bertz CT molecular complexity index is 731. The number of hydrogen-bond acceptors (Lipinski definition) is 1. The van der Waals surface area contributed by atoms with Gasteiger partial charge in [-0.05, 0) is 27.8 Å². The number of thioether (sulfide) groups is 1. The largest absolute Gasteiger partial charge is 0.156 e. The van der Waals surface area contributed by atoms with Crippen LogP contribution >= 0.6 is 11.8 Å². The van der Waals surface area contributed by atoms with Crippen molar-refractivity contribution in [3.8, 4) is 11.1 Å². The minimum absolute atomic E-state index is 0.529. The Kier molecular flexibility index (Phi) is 3.74. The molecule has 0 saturated heterocycles. The van der Waals surface area contributed by atoms with Crippen molar-refractivity contribution in [1.82, 2.24) is 0 Å². The molecule has 0 unspecified atom stereocenters. The molecule has 4 rings (SSSR count). The third-order valence-corrected chi connectivity index (χ3v) is 5.47. The summed E-state index contributed by atoms with van der Waals surface area (Å²) < 4.78 is 0. The van der Waals surface area contributed by atoms with Crippen LogP contribution in [0, 0.1) is 0 Å². The molecule has 1 aliphatic carbocycles. The molecule has 0 atom stereocenters. The van der Waals surface area contributed by atoms with Gasteiger partial charge in [-0.3, -0.25) is 0 Å². The second-order valence-electron chi connectivity index (χ2n) is 5.73. The molecule has 0 radical (unpaired) electrons. The highest BCUT2D eigenvalue weighted by Crippen LogP contribution is 2.45. The summed E-state index contributed by atoms with van der Waals surface area (Å²) in [6, 6.07) is 28.5. The predicted octanol–water partition coefficient (Wildman–Crippen LogP) is 5.73. The summed E-state index contributed by atoms with van der Waals surface area (Å²) in [4.78, 5) is 0. The molecule has 1 heteroatoms. The minimum Gasteiger partial charge on any atom is -0.156 e. The summed E-state index contributed by atoms with van der Waals surface area (Å²) in [7, 11) is 0. The maximum absolute atomic E-state index is 2.29. The molecule has 0 nitrogen and oxygen atoms in total. The fourth-order valence-corrected chi connectivity index (χ4v) is 4.45. The van der Waals surface area contributed by atoms with Crippen molar-refractivity contribution in [2.24, 2.45) is 0 Å². The SMILES string of the molecule is c1ccc(CSCC2c3ccccc3-c3ccccc32)cc1. The van der Waals surface area contributed by atoms with E-state index in [2.05, 4.69) is 78.9 Å². The van der Waals surface area contributed by atoms with Crippen LogP contribution in [-0.4, -0.2) is 5.75 Å². The van der Waals surface area contributed by atoms with E-state index in [1.54, 1.807) is 0 Å². The zero-order valence-corrected chi connectivity index (χ0v) is 13.2. The van der Waals surface area contributed by atoms with Gasteiger partial charge in [-0.1, -0.05) is 78.9 Å². The van der Waals surface area contributed by atoms with Gasteiger partial charge in [0.1, 0.15) is 0 Å². The van der Waals surface area contributed by atoms with Crippen LogP contribution in [0.1, 0.15) is 22.6 Å². The van der Waals surface area contributed by atoms with E-state index >= 15 is 0 Å². The van der Waals surface area contributed by atoms with Gasteiger partial charge in [0.2, 0.25) is 0 Å². The van der Waals surface area contributed by atoms with E-state index in [4.69, 9.17) is 0 Å². The van der Waals surface area contributed by atoms with E-state index in [9.17, 15) is 0 Å². The fourth-order valence-electron chi connectivity index (χ4n) is 3.31. The minimum atomic E-state index is 0.529. The van der Waals surface area contributed by atoms with Gasteiger partial charge < -0.3 is 0 Å². The molecule has 0 aliphatic heterocycles. The Balaban J connectivity index is 1.57. The Morgan fingerprint density at radius 2 is 1.18 bits per heavy atom. The first-order valence-electron chi connectivity index (χ1n) is 7.73. The maximum atomic E-state index is 2.29. The first-order chi connectivity index (χ1) is 10.9. The average Bonchev–Trinajstić information content (AvgIpc) is 2.91. The molecule has 0 amide bonds. The van der Waals surface area contributed by atoms with Gasteiger partial charge in [0.25, 0.3) is 0 Å². The van der Waals surface area contributed by atoms with Crippen LogP contribution in [0.3, 0.4) is 0 Å². The summed E-state index contributed by atoms with van der Waals surface area (Å²) in [5, 5.41) is 0. The molecule has 3 aromatic rings. The molecule has 0 fully saturated rings. The van der Waals surface area contributed by atoms with Crippen LogP contribution in [-0.2, 0) is 5.75 Å². The zero-order chi connectivity index (χ0) is 14.8. The van der Waals surface area contributed by atoms with E-state index in [1.807, 2.05) is 11.8 Å². The smallest absolute Gasteiger partial charge is 0.0192 e. The lowest BCUT2D eigenvalue weighted by atomic mass is 9.99. The Morgan fingerprint density at radius 3 is 1.82 bits per heavy atom. The number of rotatable bonds is 4. The summed E-state index contributed by atoms with van der Waals surface area (Å²) in [5.74, 6) is 2.76.